The highest BCUT2D eigenvalue weighted by Gasteiger charge is 2.36. The van der Waals surface area contributed by atoms with Gasteiger partial charge in [-0.2, -0.15) is 4.52 Å². The van der Waals surface area contributed by atoms with E-state index in [0.29, 0.717) is 0 Å². The van der Waals surface area contributed by atoms with Crippen molar-refractivity contribution in [1.29, 1.82) is 0 Å². The fraction of sp³-hybridized carbons (Fsp3) is 0.421. The van der Waals surface area contributed by atoms with Crippen LogP contribution < -0.4 is 4.90 Å². The highest BCUT2D eigenvalue weighted by molar-refractivity contribution is 5.46. The number of benzene rings is 1. The minimum Gasteiger partial charge on any atom is -0.387 e. The van der Waals surface area contributed by atoms with Gasteiger partial charge in [-0.3, -0.25) is 4.90 Å². The van der Waals surface area contributed by atoms with Gasteiger partial charge in [0.25, 0.3) is 0 Å². The van der Waals surface area contributed by atoms with E-state index in [-0.39, 0.29) is 12.1 Å². The Morgan fingerprint density at radius 2 is 1.81 bits per heavy atom. The normalized spacial score (nSPS) is 23.5. The molecular weight excluding hydrogens is 328 g/mol. The minimum atomic E-state index is -0.383. The van der Waals surface area contributed by atoms with Crippen LogP contribution in [0.4, 0.5) is 5.82 Å². The summed E-state index contributed by atoms with van der Waals surface area (Å²) in [6, 6.07) is 12.4. The molecule has 2 atom stereocenters. The van der Waals surface area contributed by atoms with E-state index in [0.717, 1.165) is 55.5 Å². The van der Waals surface area contributed by atoms with Gasteiger partial charge in [0.05, 0.1) is 6.10 Å². The number of aliphatic hydroxyl groups excluding tert-OH is 1. The molecule has 0 spiro atoms. The predicted molar refractivity (Wildman–Crippen MR) is 98.2 cm³/mol. The number of anilines is 1. The minimum absolute atomic E-state index is 0.185. The van der Waals surface area contributed by atoms with Crippen LogP contribution in [-0.4, -0.2) is 62.0 Å². The quantitative estimate of drug-likeness (QED) is 0.749. The van der Waals surface area contributed by atoms with Crippen molar-refractivity contribution >= 4 is 11.5 Å². The summed E-state index contributed by atoms with van der Waals surface area (Å²) in [5, 5.41) is 23.6. The third-order valence-electron chi connectivity index (χ3n) is 5.68. The molecule has 3 aromatic rings. The largest absolute Gasteiger partial charge is 0.387 e. The van der Waals surface area contributed by atoms with Crippen LogP contribution in [0.5, 0.6) is 0 Å². The topological polar surface area (TPSA) is 69.8 Å². The first kappa shape index (κ1) is 15.7. The molecule has 1 N–H and O–H groups in total. The van der Waals surface area contributed by atoms with E-state index in [2.05, 4.69) is 43.3 Å². The van der Waals surface area contributed by atoms with E-state index in [1.54, 1.807) is 4.52 Å². The first-order valence-electron chi connectivity index (χ1n) is 9.14. The maximum absolute atomic E-state index is 10.7. The molecule has 0 bridgehead atoms. The smallest absolute Gasteiger partial charge is 0.178 e. The summed E-state index contributed by atoms with van der Waals surface area (Å²) in [4.78, 5) is 4.72. The van der Waals surface area contributed by atoms with Crippen molar-refractivity contribution in [2.45, 2.75) is 25.5 Å². The molecule has 2 aromatic heterocycles. The van der Waals surface area contributed by atoms with Crippen LogP contribution in [0.1, 0.15) is 23.1 Å². The summed E-state index contributed by atoms with van der Waals surface area (Å²) in [7, 11) is 0. The van der Waals surface area contributed by atoms with Crippen LogP contribution in [0.2, 0.25) is 0 Å². The number of piperazine rings is 1. The van der Waals surface area contributed by atoms with Gasteiger partial charge in [0, 0.05) is 32.2 Å². The number of aryl methyl sites for hydroxylation is 1. The SMILES string of the molecule is Cc1nnc2ccc(N3CCN(C4Cc5ccccc5C4O)CC3)nn12. The van der Waals surface area contributed by atoms with Crippen molar-refractivity contribution in [3.63, 3.8) is 0 Å². The second-order valence-electron chi connectivity index (χ2n) is 7.15. The van der Waals surface area contributed by atoms with Gasteiger partial charge < -0.3 is 10.0 Å². The average molecular weight is 350 g/mol. The molecular formula is C19H22N6O. The molecule has 0 amide bonds. The van der Waals surface area contributed by atoms with Gasteiger partial charge in [0.1, 0.15) is 5.82 Å². The molecule has 26 heavy (non-hydrogen) atoms. The molecule has 2 aliphatic rings. The van der Waals surface area contributed by atoms with E-state index in [1.807, 2.05) is 25.1 Å². The van der Waals surface area contributed by atoms with E-state index in [1.165, 1.54) is 5.56 Å². The molecule has 7 nitrogen and oxygen atoms in total. The van der Waals surface area contributed by atoms with Crippen molar-refractivity contribution in [2.24, 2.45) is 0 Å². The number of aromatic nitrogens is 4. The molecule has 1 saturated heterocycles. The standard InChI is InChI=1S/C19H22N6O/c1-13-20-21-17-6-7-18(22-25(13)17)24-10-8-23(9-11-24)16-12-14-4-2-3-5-15(14)19(16)26/h2-7,16,19,26H,8-12H2,1H3. The second kappa shape index (κ2) is 6.03. The summed E-state index contributed by atoms with van der Waals surface area (Å²) in [5.74, 6) is 1.75. The average Bonchev–Trinajstić information content (AvgIpc) is 3.22. The predicted octanol–water partition coefficient (Wildman–Crippen LogP) is 1.21. The zero-order valence-electron chi connectivity index (χ0n) is 14.8. The highest BCUT2D eigenvalue weighted by atomic mass is 16.3. The van der Waals surface area contributed by atoms with E-state index in [4.69, 9.17) is 0 Å². The summed E-state index contributed by atoms with van der Waals surface area (Å²) in [5.41, 5.74) is 3.15. The summed E-state index contributed by atoms with van der Waals surface area (Å²) < 4.78 is 1.79. The van der Waals surface area contributed by atoms with Crippen LogP contribution in [0, 0.1) is 6.92 Å². The molecule has 134 valence electrons. The van der Waals surface area contributed by atoms with Crippen molar-refractivity contribution in [2.75, 3.05) is 31.1 Å². The molecule has 0 saturated carbocycles. The third kappa shape index (κ3) is 2.47. The van der Waals surface area contributed by atoms with Crippen LogP contribution in [0.15, 0.2) is 36.4 Å². The molecule has 5 rings (SSSR count). The first-order valence-corrected chi connectivity index (χ1v) is 9.14. The van der Waals surface area contributed by atoms with Gasteiger partial charge in [-0.15, -0.1) is 15.3 Å². The Morgan fingerprint density at radius 3 is 2.62 bits per heavy atom. The lowest BCUT2D eigenvalue weighted by Crippen LogP contribution is -2.51. The van der Waals surface area contributed by atoms with Gasteiger partial charge in [-0.1, -0.05) is 24.3 Å². The summed E-state index contributed by atoms with van der Waals surface area (Å²) >= 11 is 0. The third-order valence-corrected chi connectivity index (χ3v) is 5.68. The Balaban J connectivity index is 1.30. The molecule has 1 fully saturated rings. The number of hydrogen-bond donors (Lipinski definition) is 1. The maximum Gasteiger partial charge on any atom is 0.178 e. The van der Waals surface area contributed by atoms with Crippen LogP contribution >= 0.6 is 0 Å². The zero-order chi connectivity index (χ0) is 17.7. The van der Waals surface area contributed by atoms with E-state index < -0.39 is 0 Å². The van der Waals surface area contributed by atoms with E-state index in [9.17, 15) is 5.11 Å². The van der Waals surface area contributed by atoms with Crippen molar-refractivity contribution in [3.05, 3.63) is 53.3 Å². The Bertz CT molecular complexity index is 946. The Hall–Kier alpha value is -2.51. The van der Waals surface area contributed by atoms with Crippen molar-refractivity contribution < 1.29 is 5.11 Å². The number of rotatable bonds is 2. The zero-order valence-corrected chi connectivity index (χ0v) is 14.8. The molecule has 1 aliphatic heterocycles. The lowest BCUT2D eigenvalue weighted by atomic mass is 10.1. The van der Waals surface area contributed by atoms with Crippen LogP contribution in [0.3, 0.4) is 0 Å². The second-order valence-corrected chi connectivity index (χ2v) is 7.15. The van der Waals surface area contributed by atoms with Crippen LogP contribution in [0.25, 0.3) is 5.65 Å². The maximum atomic E-state index is 10.7. The van der Waals surface area contributed by atoms with Crippen molar-refractivity contribution in [3.8, 4) is 0 Å². The molecule has 7 heteroatoms. The van der Waals surface area contributed by atoms with Crippen LogP contribution in [-0.2, 0) is 6.42 Å². The number of fused-ring (bicyclic) bond motifs is 2. The first-order chi connectivity index (χ1) is 12.7. The Labute approximate surface area is 151 Å². The van der Waals surface area contributed by atoms with Gasteiger partial charge in [0.15, 0.2) is 11.5 Å². The summed E-state index contributed by atoms with van der Waals surface area (Å²) in [6.07, 6.45) is 0.549. The summed E-state index contributed by atoms with van der Waals surface area (Å²) in [6.45, 7) is 5.57. The van der Waals surface area contributed by atoms with Gasteiger partial charge in [-0.25, -0.2) is 0 Å². The highest BCUT2D eigenvalue weighted by Crippen LogP contribution is 2.34. The van der Waals surface area contributed by atoms with Gasteiger partial charge >= 0.3 is 0 Å². The molecule has 0 radical (unpaired) electrons. The van der Waals surface area contributed by atoms with Gasteiger partial charge in [-0.05, 0) is 36.6 Å². The Morgan fingerprint density at radius 1 is 1.00 bits per heavy atom. The fourth-order valence-corrected chi connectivity index (χ4v) is 4.22. The van der Waals surface area contributed by atoms with Crippen molar-refractivity contribution in [1.82, 2.24) is 24.7 Å². The number of aliphatic hydroxyl groups is 1. The molecule has 1 aliphatic carbocycles. The van der Waals surface area contributed by atoms with E-state index >= 15 is 0 Å². The lowest BCUT2D eigenvalue weighted by Gasteiger charge is -2.39. The monoisotopic (exact) mass is 350 g/mol. The molecule has 1 aromatic carbocycles. The molecule has 2 unspecified atom stereocenters. The van der Waals surface area contributed by atoms with Gasteiger partial charge in [0.2, 0.25) is 0 Å². The number of hydrogen-bond acceptors (Lipinski definition) is 6. The Kier molecular flexibility index (Phi) is 3.65. The fourth-order valence-electron chi connectivity index (χ4n) is 4.22. The number of nitrogens with zero attached hydrogens (tertiary/aromatic N) is 6. The molecule has 3 heterocycles. The lowest BCUT2D eigenvalue weighted by molar-refractivity contribution is 0.0571.